The maximum Gasteiger partial charge on any atom is 0.258 e. The van der Waals surface area contributed by atoms with E-state index in [1.54, 1.807) is 37.6 Å². The molecule has 124 valence electrons. The first-order valence-corrected chi connectivity index (χ1v) is 7.33. The molecular formula is C17H22N2O4. The van der Waals surface area contributed by atoms with Crippen LogP contribution in [0.15, 0.2) is 47.1 Å². The number of rotatable bonds is 8. The molecule has 1 atom stereocenters. The van der Waals surface area contributed by atoms with Gasteiger partial charge in [-0.1, -0.05) is 0 Å². The molecular weight excluding hydrogens is 296 g/mol. The van der Waals surface area contributed by atoms with E-state index in [-0.39, 0.29) is 18.6 Å². The van der Waals surface area contributed by atoms with Crippen LogP contribution in [-0.2, 0) is 4.79 Å². The van der Waals surface area contributed by atoms with Gasteiger partial charge in [-0.15, -0.1) is 0 Å². The number of carbonyl (C=O) groups excluding carboxylic acids is 1. The Kier molecular flexibility index (Phi) is 6.05. The van der Waals surface area contributed by atoms with Crippen molar-refractivity contribution in [2.75, 3.05) is 34.4 Å². The minimum Gasteiger partial charge on any atom is -0.497 e. The minimum absolute atomic E-state index is 0.0186. The van der Waals surface area contributed by atoms with Gasteiger partial charge in [-0.2, -0.15) is 0 Å². The van der Waals surface area contributed by atoms with Crippen LogP contribution in [0.5, 0.6) is 11.5 Å². The van der Waals surface area contributed by atoms with Crippen molar-refractivity contribution in [3.63, 3.8) is 0 Å². The third kappa shape index (κ3) is 5.03. The molecule has 23 heavy (non-hydrogen) atoms. The molecule has 1 heterocycles. The molecule has 6 heteroatoms. The van der Waals surface area contributed by atoms with Crippen molar-refractivity contribution in [1.82, 2.24) is 10.2 Å². The van der Waals surface area contributed by atoms with E-state index in [1.807, 2.05) is 31.1 Å². The quantitative estimate of drug-likeness (QED) is 0.807. The van der Waals surface area contributed by atoms with Gasteiger partial charge < -0.3 is 19.2 Å². The Morgan fingerprint density at radius 3 is 2.48 bits per heavy atom. The maximum absolute atomic E-state index is 11.9. The fourth-order valence-corrected chi connectivity index (χ4v) is 2.10. The smallest absolute Gasteiger partial charge is 0.258 e. The molecule has 6 nitrogen and oxygen atoms in total. The molecule has 0 fully saturated rings. The van der Waals surface area contributed by atoms with Gasteiger partial charge in [0.05, 0.1) is 19.4 Å². The van der Waals surface area contributed by atoms with Crippen molar-refractivity contribution in [3.05, 3.63) is 48.4 Å². The lowest BCUT2D eigenvalue weighted by Gasteiger charge is -2.22. The van der Waals surface area contributed by atoms with E-state index in [0.717, 1.165) is 11.5 Å². The lowest BCUT2D eigenvalue weighted by atomic mass is 10.2. The van der Waals surface area contributed by atoms with Gasteiger partial charge in [0.1, 0.15) is 17.3 Å². The largest absolute Gasteiger partial charge is 0.497 e. The van der Waals surface area contributed by atoms with Crippen molar-refractivity contribution in [1.29, 1.82) is 0 Å². The molecule has 0 aliphatic carbocycles. The fourth-order valence-electron chi connectivity index (χ4n) is 2.10. The first kappa shape index (κ1) is 16.9. The van der Waals surface area contributed by atoms with Crippen LogP contribution in [0.4, 0.5) is 0 Å². The molecule has 0 spiro atoms. The number of ether oxygens (including phenoxy) is 2. The number of furan rings is 1. The summed E-state index contributed by atoms with van der Waals surface area (Å²) in [5.41, 5.74) is 0. The van der Waals surface area contributed by atoms with E-state index < -0.39 is 0 Å². The van der Waals surface area contributed by atoms with Gasteiger partial charge in [0.2, 0.25) is 0 Å². The first-order valence-electron chi connectivity index (χ1n) is 7.33. The van der Waals surface area contributed by atoms with Gasteiger partial charge in [-0.05, 0) is 50.5 Å². The van der Waals surface area contributed by atoms with Crippen molar-refractivity contribution in [2.45, 2.75) is 6.04 Å². The molecule has 2 rings (SSSR count). The molecule has 0 unspecified atom stereocenters. The molecule has 0 radical (unpaired) electrons. The SMILES string of the molecule is COc1ccc(OCC(=O)NC[C@@H](c2ccco2)N(C)C)cc1. The summed E-state index contributed by atoms with van der Waals surface area (Å²) in [4.78, 5) is 13.9. The summed E-state index contributed by atoms with van der Waals surface area (Å²) in [6.45, 7) is 0.413. The highest BCUT2D eigenvalue weighted by atomic mass is 16.5. The van der Waals surface area contributed by atoms with Crippen LogP contribution >= 0.6 is 0 Å². The summed E-state index contributed by atoms with van der Waals surface area (Å²) in [6, 6.07) is 10.8. The molecule has 0 aliphatic rings. The fraction of sp³-hybridized carbons (Fsp3) is 0.353. The third-order valence-electron chi connectivity index (χ3n) is 3.42. The normalized spacial score (nSPS) is 12.0. The van der Waals surface area contributed by atoms with Crippen LogP contribution in [0.1, 0.15) is 11.8 Å². The average molecular weight is 318 g/mol. The average Bonchev–Trinajstić information content (AvgIpc) is 3.07. The number of nitrogens with zero attached hydrogens (tertiary/aromatic N) is 1. The molecule has 0 bridgehead atoms. The number of amides is 1. The lowest BCUT2D eigenvalue weighted by Crippen LogP contribution is -2.36. The number of hydrogen-bond acceptors (Lipinski definition) is 5. The van der Waals surface area contributed by atoms with Crippen LogP contribution in [0.3, 0.4) is 0 Å². The molecule has 0 saturated carbocycles. The van der Waals surface area contributed by atoms with Gasteiger partial charge in [0, 0.05) is 6.54 Å². The lowest BCUT2D eigenvalue weighted by molar-refractivity contribution is -0.123. The maximum atomic E-state index is 11.9. The summed E-state index contributed by atoms with van der Waals surface area (Å²) < 4.78 is 15.9. The van der Waals surface area contributed by atoms with E-state index in [4.69, 9.17) is 13.9 Å². The van der Waals surface area contributed by atoms with E-state index >= 15 is 0 Å². The third-order valence-corrected chi connectivity index (χ3v) is 3.42. The van der Waals surface area contributed by atoms with E-state index in [1.165, 1.54) is 0 Å². The highest BCUT2D eigenvalue weighted by Crippen LogP contribution is 2.18. The Morgan fingerprint density at radius 2 is 1.91 bits per heavy atom. The van der Waals surface area contributed by atoms with E-state index in [9.17, 15) is 4.79 Å². The van der Waals surface area contributed by atoms with Crippen LogP contribution in [0.25, 0.3) is 0 Å². The van der Waals surface area contributed by atoms with Gasteiger partial charge in [0.15, 0.2) is 6.61 Å². The molecule has 1 aromatic carbocycles. The number of benzene rings is 1. The molecule has 1 N–H and O–H groups in total. The van der Waals surface area contributed by atoms with Crippen LogP contribution in [-0.4, -0.2) is 45.2 Å². The van der Waals surface area contributed by atoms with Crippen LogP contribution in [0.2, 0.25) is 0 Å². The summed E-state index contributed by atoms with van der Waals surface area (Å²) in [7, 11) is 5.48. The Balaban J connectivity index is 1.79. The van der Waals surface area contributed by atoms with Crippen LogP contribution in [0, 0.1) is 0 Å². The van der Waals surface area contributed by atoms with Crippen molar-refractivity contribution < 1.29 is 18.7 Å². The highest BCUT2D eigenvalue weighted by Gasteiger charge is 2.17. The Hall–Kier alpha value is -2.47. The van der Waals surface area contributed by atoms with Crippen molar-refractivity contribution in [2.24, 2.45) is 0 Å². The summed E-state index contributed by atoms with van der Waals surface area (Å²) >= 11 is 0. The molecule has 2 aromatic rings. The summed E-state index contributed by atoms with van der Waals surface area (Å²) in [6.07, 6.45) is 1.63. The molecule has 1 aromatic heterocycles. The van der Waals surface area contributed by atoms with E-state index in [2.05, 4.69) is 5.32 Å². The highest BCUT2D eigenvalue weighted by molar-refractivity contribution is 5.77. The zero-order chi connectivity index (χ0) is 16.7. The summed E-state index contributed by atoms with van der Waals surface area (Å²) in [5.74, 6) is 2.00. The second kappa shape index (κ2) is 8.24. The number of nitrogens with one attached hydrogen (secondary N) is 1. The molecule has 1 amide bonds. The Morgan fingerprint density at radius 1 is 1.22 bits per heavy atom. The topological polar surface area (TPSA) is 63.9 Å². The number of hydrogen-bond donors (Lipinski definition) is 1. The van der Waals surface area contributed by atoms with Crippen LogP contribution < -0.4 is 14.8 Å². The van der Waals surface area contributed by atoms with Gasteiger partial charge in [0.25, 0.3) is 5.91 Å². The molecule has 0 saturated heterocycles. The Bertz CT molecular complexity index is 594. The monoisotopic (exact) mass is 318 g/mol. The first-order chi connectivity index (χ1) is 11.1. The standard InChI is InChI=1S/C17H22N2O4/c1-19(2)15(16-5-4-10-22-16)11-18-17(20)12-23-14-8-6-13(21-3)7-9-14/h4-10,15H,11-12H2,1-3H3,(H,18,20)/t15-/m0/s1. The molecule has 0 aliphatic heterocycles. The zero-order valence-corrected chi connectivity index (χ0v) is 13.6. The second-order valence-corrected chi connectivity index (χ2v) is 5.26. The summed E-state index contributed by atoms with van der Waals surface area (Å²) in [5, 5.41) is 2.85. The van der Waals surface area contributed by atoms with Gasteiger partial charge in [-0.3, -0.25) is 9.69 Å². The minimum atomic E-state index is -0.181. The van der Waals surface area contributed by atoms with Crippen molar-refractivity contribution in [3.8, 4) is 11.5 Å². The van der Waals surface area contributed by atoms with E-state index in [0.29, 0.717) is 12.3 Å². The van der Waals surface area contributed by atoms with Gasteiger partial charge >= 0.3 is 0 Å². The Labute approximate surface area is 136 Å². The number of likely N-dealkylation sites (N-methyl/N-ethyl adjacent to an activating group) is 1. The second-order valence-electron chi connectivity index (χ2n) is 5.26. The predicted octanol–water partition coefficient (Wildman–Crippen LogP) is 2.09. The van der Waals surface area contributed by atoms with Crippen molar-refractivity contribution >= 4 is 5.91 Å². The van der Waals surface area contributed by atoms with Gasteiger partial charge in [-0.25, -0.2) is 0 Å². The zero-order valence-electron chi connectivity index (χ0n) is 13.6. The number of methoxy groups -OCH3 is 1. The predicted molar refractivity (Wildman–Crippen MR) is 86.6 cm³/mol. The number of carbonyl (C=O) groups is 1.